The number of carbonyl (C=O) groups excluding carboxylic acids is 1. The SMILES string of the molecule is CN(CC12CC3CC(CC(C3)C1)C2)C(=O)[C@@H]1CC(c2ccn(C(C)(C)C)n2)[C@H](c2ccc(Cl)c(F)c2)N1. The standard InChI is InChI=1S/C30H40ClFN4O/c1-29(2,3)36-8-7-25(34-36)22-13-26(33-27(22)21-5-6-23(31)24(32)12-21)28(37)35(4)17-30-14-18-9-19(15-30)11-20(10-18)16-30/h5-8,12,18-20,22,26-27,33H,9-11,13-17H2,1-4H3/t18?,19?,20?,22?,26-,27-,30?/m0/s1. The van der Waals surface area contributed by atoms with Crippen molar-refractivity contribution in [3.63, 3.8) is 0 Å². The molecular weight excluding hydrogens is 487 g/mol. The molecule has 0 spiro atoms. The molecule has 1 aromatic heterocycles. The Morgan fingerprint density at radius 3 is 2.35 bits per heavy atom. The van der Waals surface area contributed by atoms with Gasteiger partial charge in [-0.1, -0.05) is 17.7 Å². The van der Waals surface area contributed by atoms with Crippen LogP contribution in [0.1, 0.15) is 88.9 Å². The van der Waals surface area contributed by atoms with Crippen LogP contribution in [-0.4, -0.2) is 40.2 Å². The number of rotatable bonds is 5. The average molecular weight is 527 g/mol. The Hall–Kier alpha value is -1.92. The van der Waals surface area contributed by atoms with Gasteiger partial charge in [-0.05, 0) is 113 Å². The van der Waals surface area contributed by atoms with E-state index in [0.29, 0.717) is 11.8 Å². The Kier molecular flexibility index (Phi) is 6.23. The van der Waals surface area contributed by atoms with Crippen molar-refractivity contribution in [3.05, 3.63) is 52.6 Å². The van der Waals surface area contributed by atoms with E-state index in [4.69, 9.17) is 16.7 Å². The van der Waals surface area contributed by atoms with Gasteiger partial charge in [-0.25, -0.2) is 4.39 Å². The lowest BCUT2D eigenvalue weighted by atomic mass is 9.49. The van der Waals surface area contributed by atoms with Crippen molar-refractivity contribution in [2.24, 2.45) is 23.2 Å². The fourth-order valence-corrected chi connectivity index (χ4v) is 8.65. The Bertz CT molecular complexity index is 1150. The first-order chi connectivity index (χ1) is 17.5. The zero-order valence-corrected chi connectivity index (χ0v) is 23.3. The summed E-state index contributed by atoms with van der Waals surface area (Å²) < 4.78 is 16.4. The van der Waals surface area contributed by atoms with Crippen molar-refractivity contribution in [1.29, 1.82) is 0 Å². The number of halogens is 2. The van der Waals surface area contributed by atoms with E-state index in [1.54, 1.807) is 6.07 Å². The quantitative estimate of drug-likeness (QED) is 0.498. The number of carbonyl (C=O) groups is 1. The number of nitrogens with one attached hydrogen (secondary N) is 1. The molecule has 5 nitrogen and oxygen atoms in total. The van der Waals surface area contributed by atoms with Crippen LogP contribution in [0.2, 0.25) is 5.02 Å². The Morgan fingerprint density at radius 2 is 1.78 bits per heavy atom. The Morgan fingerprint density at radius 1 is 1.14 bits per heavy atom. The molecule has 1 N–H and O–H groups in total. The number of hydrogen-bond acceptors (Lipinski definition) is 3. The van der Waals surface area contributed by atoms with Gasteiger partial charge in [0.2, 0.25) is 5.91 Å². The first-order valence-electron chi connectivity index (χ1n) is 14.0. The molecule has 1 unspecified atom stereocenters. The largest absolute Gasteiger partial charge is 0.344 e. The number of aromatic nitrogens is 2. The third kappa shape index (κ3) is 4.73. The predicted octanol–water partition coefficient (Wildman–Crippen LogP) is 6.29. The summed E-state index contributed by atoms with van der Waals surface area (Å²) in [5, 5.41) is 8.60. The van der Waals surface area contributed by atoms with E-state index in [1.165, 1.54) is 44.6 Å². The summed E-state index contributed by atoms with van der Waals surface area (Å²) in [4.78, 5) is 15.9. The van der Waals surface area contributed by atoms with E-state index in [1.807, 2.05) is 35.0 Å². The Labute approximate surface area is 225 Å². The normalized spacial score (nSPS) is 34.8. The van der Waals surface area contributed by atoms with Gasteiger partial charge in [0.05, 0.1) is 22.3 Å². The number of likely N-dealkylation sites (N-methyl/N-ethyl adjacent to an activating group) is 1. The number of nitrogens with zero attached hydrogens (tertiary/aromatic N) is 3. The molecule has 7 rings (SSSR count). The third-order valence-electron chi connectivity index (χ3n) is 9.66. The maximum Gasteiger partial charge on any atom is 0.239 e. The molecule has 2 heterocycles. The highest BCUT2D eigenvalue weighted by Gasteiger charge is 2.52. The number of benzene rings is 1. The predicted molar refractivity (Wildman–Crippen MR) is 144 cm³/mol. The summed E-state index contributed by atoms with van der Waals surface area (Å²) >= 11 is 5.99. The highest BCUT2D eigenvalue weighted by Crippen LogP contribution is 2.60. The van der Waals surface area contributed by atoms with Gasteiger partial charge >= 0.3 is 0 Å². The van der Waals surface area contributed by atoms with Gasteiger partial charge < -0.3 is 4.90 Å². The van der Waals surface area contributed by atoms with E-state index < -0.39 is 5.82 Å². The Balaban J connectivity index is 1.23. The first-order valence-corrected chi connectivity index (χ1v) is 14.4. The third-order valence-corrected chi connectivity index (χ3v) is 9.97. The maximum atomic E-state index is 14.5. The van der Waals surface area contributed by atoms with Crippen molar-refractivity contribution in [2.45, 2.75) is 89.3 Å². The van der Waals surface area contributed by atoms with Crippen LogP contribution in [-0.2, 0) is 10.3 Å². The van der Waals surface area contributed by atoms with E-state index in [2.05, 4.69) is 26.1 Å². The lowest BCUT2D eigenvalue weighted by Crippen LogP contribution is -2.53. The average Bonchev–Trinajstić information content (AvgIpc) is 3.46. The van der Waals surface area contributed by atoms with E-state index in [-0.39, 0.29) is 34.5 Å². The summed E-state index contributed by atoms with van der Waals surface area (Å²) in [7, 11) is 1.99. The smallest absolute Gasteiger partial charge is 0.239 e. The molecule has 1 aromatic carbocycles. The van der Waals surface area contributed by atoms with Crippen molar-refractivity contribution >= 4 is 17.5 Å². The summed E-state index contributed by atoms with van der Waals surface area (Å²) in [5.74, 6) is 2.27. The summed E-state index contributed by atoms with van der Waals surface area (Å²) in [6, 6.07) is 6.47. The van der Waals surface area contributed by atoms with Crippen LogP contribution in [0, 0.1) is 29.0 Å². The van der Waals surface area contributed by atoms with Gasteiger partial charge in [0, 0.05) is 31.7 Å². The fraction of sp³-hybridized carbons (Fsp3) is 0.667. The van der Waals surface area contributed by atoms with Crippen LogP contribution in [0.4, 0.5) is 4.39 Å². The minimum Gasteiger partial charge on any atom is -0.344 e. The van der Waals surface area contributed by atoms with Crippen LogP contribution in [0.15, 0.2) is 30.5 Å². The highest BCUT2D eigenvalue weighted by molar-refractivity contribution is 6.30. The van der Waals surface area contributed by atoms with Crippen LogP contribution >= 0.6 is 11.6 Å². The van der Waals surface area contributed by atoms with Crippen LogP contribution in [0.5, 0.6) is 0 Å². The second-order valence-electron chi connectivity index (χ2n) is 13.7. The topological polar surface area (TPSA) is 50.2 Å². The summed E-state index contributed by atoms with van der Waals surface area (Å²) in [5.41, 5.74) is 1.90. The van der Waals surface area contributed by atoms with Gasteiger partial charge in [-0.15, -0.1) is 0 Å². The molecule has 0 radical (unpaired) electrons. The van der Waals surface area contributed by atoms with Crippen LogP contribution in [0.3, 0.4) is 0 Å². The number of amides is 1. The van der Waals surface area contributed by atoms with E-state index in [9.17, 15) is 9.18 Å². The summed E-state index contributed by atoms with van der Waals surface area (Å²) in [6.07, 6.45) is 10.7. The van der Waals surface area contributed by atoms with Gasteiger partial charge in [0.15, 0.2) is 0 Å². The molecule has 37 heavy (non-hydrogen) atoms. The molecule has 4 aliphatic carbocycles. The van der Waals surface area contributed by atoms with Gasteiger partial charge in [-0.3, -0.25) is 14.8 Å². The van der Waals surface area contributed by atoms with Crippen molar-refractivity contribution < 1.29 is 9.18 Å². The second kappa shape index (κ2) is 9.08. The van der Waals surface area contributed by atoms with Crippen molar-refractivity contribution in [2.75, 3.05) is 13.6 Å². The second-order valence-corrected chi connectivity index (χ2v) is 14.1. The fourth-order valence-electron chi connectivity index (χ4n) is 8.53. The summed E-state index contributed by atoms with van der Waals surface area (Å²) in [6.45, 7) is 7.22. The molecule has 1 amide bonds. The molecule has 5 aliphatic rings. The molecule has 4 bridgehead atoms. The molecule has 1 saturated heterocycles. The minimum absolute atomic E-state index is 0.0360. The molecule has 3 atom stereocenters. The van der Waals surface area contributed by atoms with E-state index in [0.717, 1.165) is 35.6 Å². The van der Waals surface area contributed by atoms with Crippen LogP contribution in [0.25, 0.3) is 0 Å². The first kappa shape index (κ1) is 25.4. The monoisotopic (exact) mass is 526 g/mol. The lowest BCUT2D eigenvalue weighted by molar-refractivity contribution is -0.137. The molecular formula is C30H40ClFN4O. The van der Waals surface area contributed by atoms with Crippen molar-refractivity contribution in [3.8, 4) is 0 Å². The van der Waals surface area contributed by atoms with Crippen LogP contribution < -0.4 is 5.32 Å². The van der Waals surface area contributed by atoms with E-state index >= 15 is 0 Å². The van der Waals surface area contributed by atoms with Gasteiger partial charge in [-0.2, -0.15) is 5.10 Å². The molecule has 2 aromatic rings. The molecule has 200 valence electrons. The highest BCUT2D eigenvalue weighted by atomic mass is 35.5. The molecule has 7 heteroatoms. The molecule has 4 saturated carbocycles. The van der Waals surface area contributed by atoms with Gasteiger partial charge in [0.1, 0.15) is 5.82 Å². The lowest BCUT2D eigenvalue weighted by Gasteiger charge is -2.57. The maximum absolute atomic E-state index is 14.5. The molecule has 5 fully saturated rings. The zero-order chi connectivity index (χ0) is 26.1. The molecule has 1 aliphatic heterocycles. The zero-order valence-electron chi connectivity index (χ0n) is 22.5. The van der Waals surface area contributed by atoms with Gasteiger partial charge in [0.25, 0.3) is 0 Å². The van der Waals surface area contributed by atoms with Crippen molar-refractivity contribution in [1.82, 2.24) is 20.0 Å². The number of hydrogen-bond donors (Lipinski definition) is 1. The minimum atomic E-state index is -0.436.